The molecule has 2 heterocycles. The fourth-order valence-corrected chi connectivity index (χ4v) is 1.56. The predicted molar refractivity (Wildman–Crippen MR) is 42.3 cm³/mol. The topological polar surface area (TPSA) is 49.4 Å². The monoisotopic (exact) mass is 168 g/mol. The number of nitrogens with zero attached hydrogens (tertiary/aromatic N) is 1. The number of rotatable bonds is 2. The standard InChI is InChI=1S/C8H12N2O2/c11-7-1-2-8(12)10(7)5-6-3-9-4-6/h6,9H,1-5H2. The van der Waals surface area contributed by atoms with Crippen molar-refractivity contribution in [1.82, 2.24) is 10.2 Å². The molecule has 0 aromatic heterocycles. The van der Waals surface area contributed by atoms with Crippen molar-refractivity contribution >= 4 is 11.8 Å². The van der Waals surface area contributed by atoms with Gasteiger partial charge in [0.05, 0.1) is 0 Å². The number of amides is 2. The third-order valence-electron chi connectivity index (χ3n) is 2.46. The molecule has 12 heavy (non-hydrogen) atoms. The van der Waals surface area contributed by atoms with Gasteiger partial charge in [-0.25, -0.2) is 0 Å². The average molecular weight is 168 g/mol. The van der Waals surface area contributed by atoms with E-state index in [2.05, 4.69) is 5.32 Å². The first-order valence-electron chi connectivity index (χ1n) is 4.31. The first-order chi connectivity index (χ1) is 5.77. The molecule has 0 aromatic carbocycles. The molecule has 4 heteroatoms. The minimum Gasteiger partial charge on any atom is -0.316 e. The fourth-order valence-electron chi connectivity index (χ4n) is 1.56. The number of carbonyl (C=O) groups excluding carboxylic acids is 2. The summed E-state index contributed by atoms with van der Waals surface area (Å²) in [6, 6.07) is 0. The summed E-state index contributed by atoms with van der Waals surface area (Å²) in [7, 11) is 0. The molecular formula is C8H12N2O2. The van der Waals surface area contributed by atoms with E-state index in [-0.39, 0.29) is 11.8 Å². The SMILES string of the molecule is O=C1CCC(=O)N1CC1CNC1. The van der Waals surface area contributed by atoms with Crippen LogP contribution in [0.1, 0.15) is 12.8 Å². The number of carbonyl (C=O) groups is 2. The molecule has 0 spiro atoms. The summed E-state index contributed by atoms with van der Waals surface area (Å²) in [5.41, 5.74) is 0. The van der Waals surface area contributed by atoms with Crippen LogP contribution < -0.4 is 5.32 Å². The van der Waals surface area contributed by atoms with E-state index in [0.717, 1.165) is 13.1 Å². The van der Waals surface area contributed by atoms with Crippen LogP contribution in [0.5, 0.6) is 0 Å². The van der Waals surface area contributed by atoms with Crippen molar-refractivity contribution in [2.24, 2.45) is 5.92 Å². The van der Waals surface area contributed by atoms with Crippen LogP contribution in [0.3, 0.4) is 0 Å². The number of nitrogens with one attached hydrogen (secondary N) is 1. The average Bonchev–Trinajstić information content (AvgIpc) is 2.25. The molecule has 2 aliphatic rings. The van der Waals surface area contributed by atoms with E-state index in [4.69, 9.17) is 0 Å². The Kier molecular flexibility index (Phi) is 1.84. The summed E-state index contributed by atoms with van der Waals surface area (Å²) in [5.74, 6) is 0.509. The Hall–Kier alpha value is -0.900. The van der Waals surface area contributed by atoms with E-state index in [1.165, 1.54) is 4.90 Å². The maximum Gasteiger partial charge on any atom is 0.229 e. The number of imide groups is 1. The van der Waals surface area contributed by atoms with Crippen LogP contribution >= 0.6 is 0 Å². The fraction of sp³-hybridized carbons (Fsp3) is 0.750. The minimum atomic E-state index is 0.00639. The first kappa shape index (κ1) is 7.73. The van der Waals surface area contributed by atoms with Gasteiger partial charge in [0, 0.05) is 38.4 Å². The maximum atomic E-state index is 11.1. The van der Waals surface area contributed by atoms with Gasteiger partial charge in [-0.15, -0.1) is 0 Å². The van der Waals surface area contributed by atoms with Crippen LogP contribution in [-0.4, -0.2) is 36.3 Å². The maximum absolute atomic E-state index is 11.1. The highest BCUT2D eigenvalue weighted by Crippen LogP contribution is 2.15. The molecule has 0 aromatic rings. The summed E-state index contributed by atoms with van der Waals surface area (Å²) in [4.78, 5) is 23.7. The molecule has 0 atom stereocenters. The Morgan fingerprint density at radius 2 is 1.83 bits per heavy atom. The summed E-state index contributed by atoms with van der Waals surface area (Å²) in [6.07, 6.45) is 0.831. The Morgan fingerprint density at radius 1 is 1.25 bits per heavy atom. The second-order valence-electron chi connectivity index (χ2n) is 3.42. The van der Waals surface area contributed by atoms with E-state index in [1.54, 1.807) is 0 Å². The van der Waals surface area contributed by atoms with Gasteiger partial charge in [0.15, 0.2) is 0 Å². The van der Waals surface area contributed by atoms with Crippen molar-refractivity contribution < 1.29 is 9.59 Å². The van der Waals surface area contributed by atoms with E-state index in [0.29, 0.717) is 25.3 Å². The Bertz CT molecular complexity index is 207. The zero-order valence-corrected chi connectivity index (χ0v) is 6.88. The van der Waals surface area contributed by atoms with E-state index in [1.807, 2.05) is 0 Å². The van der Waals surface area contributed by atoms with Crippen molar-refractivity contribution in [3.05, 3.63) is 0 Å². The predicted octanol–water partition coefficient (Wildman–Crippen LogP) is -0.645. The van der Waals surface area contributed by atoms with Crippen molar-refractivity contribution in [1.29, 1.82) is 0 Å². The second kappa shape index (κ2) is 2.86. The summed E-state index contributed by atoms with van der Waals surface area (Å²) < 4.78 is 0. The lowest BCUT2D eigenvalue weighted by Crippen LogP contribution is -2.49. The first-order valence-corrected chi connectivity index (χ1v) is 4.31. The molecule has 2 saturated heterocycles. The molecule has 0 radical (unpaired) electrons. The van der Waals surface area contributed by atoms with Gasteiger partial charge >= 0.3 is 0 Å². The summed E-state index contributed by atoms with van der Waals surface area (Å²) >= 11 is 0. The molecule has 2 amide bonds. The van der Waals surface area contributed by atoms with Crippen molar-refractivity contribution in [3.8, 4) is 0 Å². The molecule has 0 saturated carbocycles. The third-order valence-corrected chi connectivity index (χ3v) is 2.46. The van der Waals surface area contributed by atoms with Gasteiger partial charge in [-0.1, -0.05) is 0 Å². The molecule has 1 N–H and O–H groups in total. The van der Waals surface area contributed by atoms with Crippen LogP contribution in [0.4, 0.5) is 0 Å². The smallest absolute Gasteiger partial charge is 0.229 e. The van der Waals surface area contributed by atoms with Gasteiger partial charge in [-0.05, 0) is 0 Å². The molecule has 66 valence electrons. The Balaban J connectivity index is 1.92. The quantitative estimate of drug-likeness (QED) is 0.558. The molecule has 0 unspecified atom stereocenters. The van der Waals surface area contributed by atoms with Crippen molar-refractivity contribution in [2.75, 3.05) is 19.6 Å². The van der Waals surface area contributed by atoms with Crippen LogP contribution in [0.15, 0.2) is 0 Å². The molecule has 0 bridgehead atoms. The lowest BCUT2D eigenvalue weighted by atomic mass is 10.0. The summed E-state index contributed by atoms with van der Waals surface area (Å²) in [5, 5.41) is 3.12. The third kappa shape index (κ3) is 1.22. The number of hydrogen-bond donors (Lipinski definition) is 1. The van der Waals surface area contributed by atoms with Crippen LogP contribution in [0, 0.1) is 5.92 Å². The van der Waals surface area contributed by atoms with Gasteiger partial charge in [-0.3, -0.25) is 14.5 Å². The number of hydrogen-bond acceptors (Lipinski definition) is 3. The molecule has 2 aliphatic heterocycles. The Morgan fingerprint density at radius 3 is 2.25 bits per heavy atom. The minimum absolute atomic E-state index is 0.00639. The van der Waals surface area contributed by atoms with Crippen LogP contribution in [0.25, 0.3) is 0 Å². The van der Waals surface area contributed by atoms with Gasteiger partial charge in [0.2, 0.25) is 11.8 Å². The molecule has 0 aliphatic carbocycles. The van der Waals surface area contributed by atoms with E-state index < -0.39 is 0 Å². The van der Waals surface area contributed by atoms with Crippen LogP contribution in [0.2, 0.25) is 0 Å². The highest BCUT2D eigenvalue weighted by Gasteiger charge is 2.32. The normalized spacial score (nSPS) is 24.8. The van der Waals surface area contributed by atoms with E-state index in [9.17, 15) is 9.59 Å². The second-order valence-corrected chi connectivity index (χ2v) is 3.42. The van der Waals surface area contributed by atoms with E-state index >= 15 is 0 Å². The van der Waals surface area contributed by atoms with Crippen molar-refractivity contribution in [3.63, 3.8) is 0 Å². The lowest BCUT2D eigenvalue weighted by molar-refractivity contribution is -0.139. The van der Waals surface area contributed by atoms with Gasteiger partial charge in [-0.2, -0.15) is 0 Å². The molecule has 2 fully saturated rings. The zero-order valence-electron chi connectivity index (χ0n) is 6.88. The zero-order chi connectivity index (χ0) is 8.55. The highest BCUT2D eigenvalue weighted by atomic mass is 16.2. The van der Waals surface area contributed by atoms with Gasteiger partial charge < -0.3 is 5.32 Å². The molecule has 4 nitrogen and oxygen atoms in total. The number of likely N-dealkylation sites (tertiary alicyclic amines) is 1. The Labute approximate surface area is 70.9 Å². The van der Waals surface area contributed by atoms with Crippen LogP contribution in [-0.2, 0) is 9.59 Å². The van der Waals surface area contributed by atoms with Crippen molar-refractivity contribution in [2.45, 2.75) is 12.8 Å². The van der Waals surface area contributed by atoms with Gasteiger partial charge in [0.25, 0.3) is 0 Å². The lowest BCUT2D eigenvalue weighted by Gasteiger charge is -2.30. The molecular weight excluding hydrogens is 156 g/mol. The summed E-state index contributed by atoms with van der Waals surface area (Å²) in [6.45, 7) is 2.51. The largest absolute Gasteiger partial charge is 0.316 e. The molecule has 2 rings (SSSR count). The van der Waals surface area contributed by atoms with Gasteiger partial charge in [0.1, 0.15) is 0 Å². The highest BCUT2D eigenvalue weighted by molar-refractivity contribution is 6.01.